The van der Waals surface area contributed by atoms with Crippen LogP contribution in [0.4, 0.5) is 0 Å². The number of carbonyl (C=O) groups is 2. The Balaban J connectivity index is 2.11. The number of hydrogen-bond donors (Lipinski definition) is 0. The van der Waals surface area contributed by atoms with Crippen LogP contribution in [0, 0.1) is 0 Å². The maximum absolute atomic E-state index is 12.8. The van der Waals surface area contributed by atoms with Crippen molar-refractivity contribution in [2.45, 2.75) is 25.3 Å². The zero-order chi connectivity index (χ0) is 22.6. The second kappa shape index (κ2) is 9.44. The van der Waals surface area contributed by atoms with Crippen LogP contribution in [0.15, 0.2) is 52.4 Å². The van der Waals surface area contributed by atoms with Gasteiger partial charge in [0.1, 0.15) is 12.3 Å². The summed E-state index contributed by atoms with van der Waals surface area (Å²) >= 11 is 1.23. The van der Waals surface area contributed by atoms with Gasteiger partial charge in [-0.05, 0) is 50.2 Å². The molecule has 0 N–H and O–H groups in total. The van der Waals surface area contributed by atoms with Crippen LogP contribution >= 0.6 is 11.3 Å². The Kier molecular flexibility index (Phi) is 6.91. The van der Waals surface area contributed by atoms with Gasteiger partial charge in [-0.1, -0.05) is 17.4 Å². The van der Waals surface area contributed by atoms with E-state index in [1.54, 1.807) is 23.6 Å². The number of rotatable bonds is 7. The topological polar surface area (TPSA) is 104 Å². The molecular formula is C21H22N2O6S2. The predicted molar refractivity (Wildman–Crippen MR) is 117 cm³/mol. The Bertz CT molecular complexity index is 1300. The third-order valence-corrected chi connectivity index (χ3v) is 6.42. The van der Waals surface area contributed by atoms with Gasteiger partial charge in [-0.25, -0.2) is 8.42 Å². The molecule has 0 bridgehead atoms. The first-order valence-corrected chi connectivity index (χ1v) is 12.2. The van der Waals surface area contributed by atoms with E-state index >= 15 is 0 Å². The standard InChI is InChI=1S/C21H22N2O6S2/c1-4-28-15-9-10-17-18(12-15)30-21(23(17)13-19(24)29-5-2)22-20(25)14-7-6-8-16(11-14)31(3,26)27/h6-12H,4-5,13H2,1-3H3. The summed E-state index contributed by atoms with van der Waals surface area (Å²) < 4.78 is 36.6. The Hall–Kier alpha value is -2.98. The zero-order valence-corrected chi connectivity index (χ0v) is 19.0. The van der Waals surface area contributed by atoms with Gasteiger partial charge in [0.2, 0.25) is 0 Å². The van der Waals surface area contributed by atoms with Gasteiger partial charge < -0.3 is 14.0 Å². The Morgan fingerprint density at radius 1 is 1.10 bits per heavy atom. The van der Waals surface area contributed by atoms with Crippen molar-refractivity contribution in [2.24, 2.45) is 4.99 Å². The lowest BCUT2D eigenvalue weighted by Crippen LogP contribution is -2.23. The van der Waals surface area contributed by atoms with E-state index < -0.39 is 21.7 Å². The van der Waals surface area contributed by atoms with Crippen molar-refractivity contribution in [3.63, 3.8) is 0 Å². The SMILES string of the molecule is CCOC(=O)Cn1c(=NC(=O)c2cccc(S(C)(=O)=O)c2)sc2cc(OCC)ccc21. The molecule has 3 rings (SSSR count). The number of hydrogen-bond acceptors (Lipinski definition) is 7. The third kappa shape index (κ3) is 5.39. The summed E-state index contributed by atoms with van der Waals surface area (Å²) in [7, 11) is -3.46. The summed E-state index contributed by atoms with van der Waals surface area (Å²) in [5, 5.41) is 0. The fourth-order valence-corrected chi connectivity index (χ4v) is 4.62. The highest BCUT2D eigenvalue weighted by atomic mass is 32.2. The number of nitrogens with zero attached hydrogens (tertiary/aromatic N) is 2. The van der Waals surface area contributed by atoms with E-state index in [0.717, 1.165) is 11.0 Å². The summed E-state index contributed by atoms with van der Waals surface area (Å²) in [6.45, 7) is 4.22. The fourth-order valence-electron chi connectivity index (χ4n) is 2.90. The average molecular weight is 463 g/mol. The zero-order valence-electron chi connectivity index (χ0n) is 17.3. The van der Waals surface area contributed by atoms with Gasteiger partial charge in [0.15, 0.2) is 14.6 Å². The Morgan fingerprint density at radius 3 is 2.55 bits per heavy atom. The van der Waals surface area contributed by atoms with E-state index in [2.05, 4.69) is 4.99 Å². The van der Waals surface area contributed by atoms with Crippen LogP contribution < -0.4 is 9.54 Å². The summed E-state index contributed by atoms with van der Waals surface area (Å²) in [6.07, 6.45) is 1.07. The number of carbonyl (C=O) groups excluding carboxylic acids is 2. The highest BCUT2D eigenvalue weighted by Gasteiger charge is 2.15. The molecule has 0 spiro atoms. The number of amides is 1. The second-order valence-corrected chi connectivity index (χ2v) is 9.58. The molecule has 1 aromatic heterocycles. The average Bonchev–Trinajstić information content (AvgIpc) is 3.04. The quantitative estimate of drug-likeness (QED) is 0.500. The molecular weight excluding hydrogens is 440 g/mol. The molecule has 0 atom stereocenters. The molecule has 1 heterocycles. The third-order valence-electron chi connectivity index (χ3n) is 4.26. The van der Waals surface area contributed by atoms with E-state index in [1.807, 2.05) is 13.0 Å². The number of ether oxygens (including phenoxy) is 2. The van der Waals surface area contributed by atoms with Crippen molar-refractivity contribution in [1.82, 2.24) is 4.57 Å². The molecule has 0 saturated carbocycles. The van der Waals surface area contributed by atoms with Crippen molar-refractivity contribution in [2.75, 3.05) is 19.5 Å². The van der Waals surface area contributed by atoms with Gasteiger partial charge in [-0.15, -0.1) is 0 Å². The van der Waals surface area contributed by atoms with Crippen molar-refractivity contribution in [3.8, 4) is 5.75 Å². The fraction of sp³-hybridized carbons (Fsp3) is 0.286. The molecule has 0 aliphatic heterocycles. The summed E-state index contributed by atoms with van der Waals surface area (Å²) in [6, 6.07) is 11.1. The van der Waals surface area contributed by atoms with Crippen molar-refractivity contribution in [3.05, 3.63) is 52.8 Å². The number of benzene rings is 2. The molecule has 31 heavy (non-hydrogen) atoms. The maximum Gasteiger partial charge on any atom is 0.326 e. The van der Waals surface area contributed by atoms with E-state index in [0.29, 0.717) is 22.7 Å². The Labute approximate surface area is 183 Å². The van der Waals surface area contributed by atoms with E-state index in [4.69, 9.17) is 9.47 Å². The van der Waals surface area contributed by atoms with Crippen molar-refractivity contribution < 1.29 is 27.5 Å². The molecule has 0 radical (unpaired) electrons. The first-order valence-electron chi connectivity index (χ1n) is 9.54. The smallest absolute Gasteiger partial charge is 0.326 e. The van der Waals surface area contributed by atoms with Gasteiger partial charge in [0, 0.05) is 11.8 Å². The number of sulfone groups is 1. The van der Waals surface area contributed by atoms with Gasteiger partial charge in [0.25, 0.3) is 5.91 Å². The summed E-state index contributed by atoms with van der Waals surface area (Å²) in [4.78, 5) is 29.4. The molecule has 1 amide bonds. The van der Waals surface area contributed by atoms with Crippen LogP contribution in [0.5, 0.6) is 5.75 Å². The second-order valence-electron chi connectivity index (χ2n) is 6.56. The van der Waals surface area contributed by atoms with E-state index in [-0.39, 0.29) is 23.6 Å². The van der Waals surface area contributed by atoms with E-state index in [9.17, 15) is 18.0 Å². The van der Waals surface area contributed by atoms with Gasteiger partial charge >= 0.3 is 5.97 Å². The van der Waals surface area contributed by atoms with Crippen LogP contribution in [0.1, 0.15) is 24.2 Å². The first-order chi connectivity index (χ1) is 14.7. The maximum atomic E-state index is 12.8. The minimum absolute atomic E-state index is 0.0330. The molecule has 0 unspecified atom stereocenters. The first kappa shape index (κ1) is 22.7. The summed E-state index contributed by atoms with van der Waals surface area (Å²) in [5.74, 6) is -0.401. The van der Waals surface area contributed by atoms with Gasteiger partial charge in [0.05, 0.1) is 28.3 Å². The van der Waals surface area contributed by atoms with Crippen molar-refractivity contribution in [1.29, 1.82) is 0 Å². The lowest BCUT2D eigenvalue weighted by atomic mass is 10.2. The molecule has 164 valence electrons. The number of thiazole rings is 1. The van der Waals surface area contributed by atoms with Crippen LogP contribution in [0.2, 0.25) is 0 Å². The molecule has 0 fully saturated rings. The molecule has 3 aromatic rings. The highest BCUT2D eigenvalue weighted by Crippen LogP contribution is 2.24. The minimum Gasteiger partial charge on any atom is -0.494 e. The van der Waals surface area contributed by atoms with Crippen LogP contribution in [0.3, 0.4) is 0 Å². The number of fused-ring (bicyclic) bond motifs is 1. The van der Waals surface area contributed by atoms with Gasteiger partial charge in [-0.3, -0.25) is 9.59 Å². The van der Waals surface area contributed by atoms with Gasteiger partial charge in [-0.2, -0.15) is 4.99 Å². The molecule has 8 nitrogen and oxygen atoms in total. The molecule has 10 heteroatoms. The monoisotopic (exact) mass is 462 g/mol. The number of aromatic nitrogens is 1. The number of esters is 1. The van der Waals surface area contributed by atoms with Crippen LogP contribution in [-0.2, 0) is 25.9 Å². The predicted octanol–water partition coefficient (Wildman–Crippen LogP) is 2.81. The molecule has 0 saturated heterocycles. The van der Waals surface area contributed by atoms with Crippen LogP contribution in [0.25, 0.3) is 10.2 Å². The van der Waals surface area contributed by atoms with Crippen LogP contribution in [-0.4, -0.2) is 44.3 Å². The minimum atomic E-state index is -3.46. The van der Waals surface area contributed by atoms with Crippen molar-refractivity contribution >= 4 is 43.3 Å². The van der Waals surface area contributed by atoms with E-state index in [1.165, 1.54) is 35.6 Å². The Morgan fingerprint density at radius 2 is 1.87 bits per heavy atom. The largest absolute Gasteiger partial charge is 0.494 e. The highest BCUT2D eigenvalue weighted by molar-refractivity contribution is 7.90. The molecule has 2 aromatic carbocycles. The lowest BCUT2D eigenvalue weighted by molar-refractivity contribution is -0.143. The summed E-state index contributed by atoms with van der Waals surface area (Å²) in [5.41, 5.74) is 0.844. The molecule has 0 aliphatic rings. The normalized spacial score (nSPS) is 12.2. The molecule has 0 aliphatic carbocycles. The lowest BCUT2D eigenvalue weighted by Gasteiger charge is -2.06.